The number of nitrogens with one attached hydrogen (secondary N) is 1. The molecule has 1 fully saturated rings. The first-order chi connectivity index (χ1) is 6.70. The van der Waals surface area contributed by atoms with E-state index >= 15 is 0 Å². The summed E-state index contributed by atoms with van der Waals surface area (Å²) < 4.78 is 1.51. The lowest BCUT2D eigenvalue weighted by molar-refractivity contribution is -0.121. The van der Waals surface area contributed by atoms with E-state index in [4.69, 9.17) is 17.4 Å². The fourth-order valence-electron chi connectivity index (χ4n) is 1.32. The van der Waals surface area contributed by atoms with Crippen molar-refractivity contribution >= 4 is 17.5 Å². The SMILES string of the molecule is NNC(=O)Cn1cc(Cl)c(C2CC2)n1. The minimum atomic E-state index is -0.286. The quantitative estimate of drug-likeness (QED) is 0.435. The average Bonchev–Trinajstić information content (AvgIpc) is 2.92. The highest BCUT2D eigenvalue weighted by atomic mass is 35.5. The molecule has 0 atom stereocenters. The predicted octanol–water partition coefficient (Wildman–Crippen LogP) is 0.404. The summed E-state index contributed by atoms with van der Waals surface area (Å²) in [6.45, 7) is 0.114. The largest absolute Gasteiger partial charge is 0.293 e. The Morgan fingerprint density at radius 2 is 2.50 bits per heavy atom. The Kier molecular flexibility index (Phi) is 2.43. The second-order valence-corrected chi connectivity index (χ2v) is 3.81. The molecule has 5 nitrogen and oxygen atoms in total. The number of amides is 1. The molecule has 0 radical (unpaired) electrons. The van der Waals surface area contributed by atoms with Gasteiger partial charge in [-0.25, -0.2) is 5.84 Å². The number of hydrogen-bond acceptors (Lipinski definition) is 3. The van der Waals surface area contributed by atoms with Gasteiger partial charge in [0, 0.05) is 12.1 Å². The Balaban J connectivity index is 2.11. The van der Waals surface area contributed by atoms with Crippen molar-refractivity contribution in [1.29, 1.82) is 0 Å². The zero-order valence-electron chi connectivity index (χ0n) is 7.53. The van der Waals surface area contributed by atoms with Gasteiger partial charge >= 0.3 is 0 Å². The average molecular weight is 215 g/mol. The van der Waals surface area contributed by atoms with Gasteiger partial charge in [-0.2, -0.15) is 5.10 Å². The molecular weight excluding hydrogens is 204 g/mol. The molecule has 0 unspecified atom stereocenters. The molecule has 1 aromatic rings. The van der Waals surface area contributed by atoms with Crippen LogP contribution in [0.1, 0.15) is 24.5 Å². The highest BCUT2D eigenvalue weighted by molar-refractivity contribution is 6.31. The minimum absolute atomic E-state index is 0.114. The van der Waals surface area contributed by atoms with Crippen LogP contribution in [0.2, 0.25) is 5.02 Å². The van der Waals surface area contributed by atoms with Crippen LogP contribution in [0.15, 0.2) is 6.20 Å². The highest BCUT2D eigenvalue weighted by Crippen LogP contribution is 2.42. The van der Waals surface area contributed by atoms with E-state index in [0.29, 0.717) is 10.9 Å². The minimum Gasteiger partial charge on any atom is -0.293 e. The van der Waals surface area contributed by atoms with Gasteiger partial charge in [-0.15, -0.1) is 0 Å². The molecule has 1 heterocycles. The molecule has 2 rings (SSSR count). The molecule has 6 heteroatoms. The molecule has 1 amide bonds. The molecule has 0 saturated heterocycles. The lowest BCUT2D eigenvalue weighted by Gasteiger charge is -1.98. The van der Waals surface area contributed by atoms with Crippen LogP contribution >= 0.6 is 11.6 Å². The highest BCUT2D eigenvalue weighted by Gasteiger charge is 2.28. The Morgan fingerprint density at radius 1 is 1.79 bits per heavy atom. The van der Waals surface area contributed by atoms with Crippen LogP contribution < -0.4 is 11.3 Å². The van der Waals surface area contributed by atoms with Gasteiger partial charge in [0.25, 0.3) is 5.91 Å². The van der Waals surface area contributed by atoms with Crippen LogP contribution in [0, 0.1) is 0 Å². The topological polar surface area (TPSA) is 72.9 Å². The van der Waals surface area contributed by atoms with Gasteiger partial charge in [-0.05, 0) is 12.8 Å². The molecule has 0 bridgehead atoms. The molecule has 76 valence electrons. The fraction of sp³-hybridized carbons (Fsp3) is 0.500. The van der Waals surface area contributed by atoms with Crippen molar-refractivity contribution in [2.75, 3.05) is 0 Å². The Labute approximate surface area is 86.2 Å². The number of hydrogen-bond donors (Lipinski definition) is 2. The summed E-state index contributed by atoms with van der Waals surface area (Å²) in [7, 11) is 0. The van der Waals surface area contributed by atoms with Crippen molar-refractivity contribution in [3.8, 4) is 0 Å². The van der Waals surface area contributed by atoms with E-state index in [9.17, 15) is 4.79 Å². The monoisotopic (exact) mass is 214 g/mol. The summed E-state index contributed by atoms with van der Waals surface area (Å²) in [5, 5.41) is 4.86. The molecule has 0 aromatic carbocycles. The second-order valence-electron chi connectivity index (χ2n) is 3.40. The van der Waals surface area contributed by atoms with Crippen molar-refractivity contribution < 1.29 is 4.79 Å². The number of nitrogens with zero attached hydrogens (tertiary/aromatic N) is 2. The second kappa shape index (κ2) is 3.59. The smallest absolute Gasteiger partial charge is 0.255 e. The Bertz CT molecular complexity index is 358. The van der Waals surface area contributed by atoms with Gasteiger partial charge < -0.3 is 0 Å². The molecule has 1 saturated carbocycles. The number of nitrogens with two attached hydrogens (primary N) is 1. The standard InChI is InChI=1S/C8H11ClN4O/c9-6-3-13(4-7(14)11-10)12-8(6)5-1-2-5/h3,5H,1-2,4,10H2,(H,11,14). The van der Waals surface area contributed by atoms with Gasteiger partial charge in [-0.3, -0.25) is 14.9 Å². The van der Waals surface area contributed by atoms with Crippen molar-refractivity contribution in [3.63, 3.8) is 0 Å². The van der Waals surface area contributed by atoms with Crippen molar-refractivity contribution in [2.45, 2.75) is 25.3 Å². The summed E-state index contributed by atoms with van der Waals surface area (Å²) in [4.78, 5) is 10.9. The summed E-state index contributed by atoms with van der Waals surface area (Å²) >= 11 is 5.96. The molecular formula is C8H11ClN4O. The van der Waals surface area contributed by atoms with Gasteiger partial charge in [0.05, 0.1) is 10.7 Å². The van der Waals surface area contributed by atoms with E-state index in [-0.39, 0.29) is 12.5 Å². The molecule has 1 aromatic heterocycles. The maximum Gasteiger partial charge on any atom is 0.255 e. The van der Waals surface area contributed by atoms with E-state index in [1.54, 1.807) is 6.20 Å². The van der Waals surface area contributed by atoms with Crippen LogP contribution in [-0.4, -0.2) is 15.7 Å². The number of carbonyl (C=O) groups is 1. The van der Waals surface area contributed by atoms with Crippen molar-refractivity contribution in [1.82, 2.24) is 15.2 Å². The number of carbonyl (C=O) groups excluding carboxylic acids is 1. The van der Waals surface area contributed by atoms with Crippen LogP contribution in [0.3, 0.4) is 0 Å². The molecule has 0 aliphatic heterocycles. The van der Waals surface area contributed by atoms with Gasteiger partial charge in [0.15, 0.2) is 0 Å². The zero-order chi connectivity index (χ0) is 10.1. The van der Waals surface area contributed by atoms with E-state index in [2.05, 4.69) is 5.10 Å². The maximum absolute atomic E-state index is 10.9. The van der Waals surface area contributed by atoms with Crippen molar-refractivity contribution in [2.24, 2.45) is 5.84 Å². The van der Waals surface area contributed by atoms with E-state index in [0.717, 1.165) is 18.5 Å². The molecule has 14 heavy (non-hydrogen) atoms. The lowest BCUT2D eigenvalue weighted by atomic mass is 10.3. The normalized spacial score (nSPS) is 15.6. The van der Waals surface area contributed by atoms with Gasteiger partial charge in [-0.1, -0.05) is 11.6 Å². The molecule has 1 aliphatic carbocycles. The zero-order valence-corrected chi connectivity index (χ0v) is 8.29. The number of aromatic nitrogens is 2. The van der Waals surface area contributed by atoms with Crippen LogP contribution in [0.25, 0.3) is 0 Å². The summed E-state index contributed by atoms with van der Waals surface area (Å²) in [6, 6.07) is 0. The third-order valence-corrected chi connectivity index (χ3v) is 2.47. The summed E-state index contributed by atoms with van der Waals surface area (Å²) in [5.74, 6) is 5.17. The van der Waals surface area contributed by atoms with Gasteiger partial charge in [0.2, 0.25) is 0 Å². The van der Waals surface area contributed by atoms with E-state index in [1.165, 1.54) is 4.68 Å². The van der Waals surface area contributed by atoms with Crippen molar-refractivity contribution in [3.05, 3.63) is 16.9 Å². The first-order valence-electron chi connectivity index (χ1n) is 4.43. The van der Waals surface area contributed by atoms with Gasteiger partial charge in [0.1, 0.15) is 6.54 Å². The molecule has 0 spiro atoms. The predicted molar refractivity (Wildman–Crippen MR) is 51.5 cm³/mol. The third kappa shape index (κ3) is 1.88. The summed E-state index contributed by atoms with van der Waals surface area (Å²) in [6.07, 6.45) is 3.93. The fourth-order valence-corrected chi connectivity index (χ4v) is 1.62. The molecule has 3 N–H and O–H groups in total. The first kappa shape index (κ1) is 9.48. The third-order valence-electron chi connectivity index (χ3n) is 2.17. The number of halogens is 1. The number of rotatable bonds is 3. The lowest BCUT2D eigenvalue weighted by Crippen LogP contribution is -2.33. The Hall–Kier alpha value is -1.07. The Morgan fingerprint density at radius 3 is 3.07 bits per heavy atom. The van der Waals surface area contributed by atoms with Crippen LogP contribution in [0.4, 0.5) is 0 Å². The molecule has 1 aliphatic rings. The maximum atomic E-state index is 10.9. The van der Waals surface area contributed by atoms with E-state index < -0.39 is 0 Å². The number of hydrazine groups is 1. The van der Waals surface area contributed by atoms with E-state index in [1.807, 2.05) is 5.43 Å². The van der Waals surface area contributed by atoms with Crippen LogP contribution in [-0.2, 0) is 11.3 Å². The summed E-state index contributed by atoms with van der Waals surface area (Å²) in [5.41, 5.74) is 2.94. The van der Waals surface area contributed by atoms with Crippen LogP contribution in [0.5, 0.6) is 0 Å². The first-order valence-corrected chi connectivity index (χ1v) is 4.81.